The molecule has 0 saturated carbocycles. The Bertz CT molecular complexity index is 257. The van der Waals surface area contributed by atoms with Gasteiger partial charge in [0.2, 0.25) is 0 Å². The first-order valence-corrected chi connectivity index (χ1v) is 6.86. The van der Waals surface area contributed by atoms with Gasteiger partial charge < -0.3 is 4.74 Å². The van der Waals surface area contributed by atoms with Crippen LogP contribution in [0, 0.1) is 11.8 Å². The molecule has 0 radical (unpaired) electrons. The fourth-order valence-corrected chi connectivity index (χ4v) is 3.31. The zero-order chi connectivity index (χ0) is 12.1. The van der Waals surface area contributed by atoms with E-state index < -0.39 is 5.92 Å². The minimum Gasteiger partial charge on any atom is -0.468 e. The third-order valence-corrected chi connectivity index (χ3v) is 4.32. The lowest BCUT2D eigenvalue weighted by molar-refractivity contribution is -0.151. The molecule has 0 N–H and O–H groups in total. The summed E-state index contributed by atoms with van der Waals surface area (Å²) in [4.78, 5) is 23.8. The van der Waals surface area contributed by atoms with Gasteiger partial charge in [-0.25, -0.2) is 0 Å². The van der Waals surface area contributed by atoms with Gasteiger partial charge in [-0.15, -0.1) is 0 Å². The van der Waals surface area contributed by atoms with Crippen LogP contribution in [0.4, 0.5) is 0 Å². The van der Waals surface area contributed by atoms with E-state index in [1.807, 2.05) is 13.8 Å². The summed E-state index contributed by atoms with van der Waals surface area (Å²) in [5.41, 5.74) is 0. The van der Waals surface area contributed by atoms with E-state index in [0.29, 0.717) is 0 Å². The number of rotatable bonds is 4. The van der Waals surface area contributed by atoms with Gasteiger partial charge in [0.1, 0.15) is 5.92 Å². The van der Waals surface area contributed by atoms with Gasteiger partial charge in [-0.2, -0.15) is 11.8 Å². The average molecular weight is 244 g/mol. The third-order valence-electron chi connectivity index (χ3n) is 2.93. The molecule has 0 aromatic rings. The SMILES string of the molecule is COC(=O)C(C(=O)C1CCCCS1)C(C)C. The molecule has 1 saturated heterocycles. The topological polar surface area (TPSA) is 43.4 Å². The molecule has 16 heavy (non-hydrogen) atoms. The number of hydrogen-bond acceptors (Lipinski definition) is 4. The molecule has 1 aliphatic rings. The summed E-state index contributed by atoms with van der Waals surface area (Å²) in [5, 5.41) is 0.000231. The normalized spacial score (nSPS) is 22.9. The summed E-state index contributed by atoms with van der Waals surface area (Å²) in [5.74, 6) is 0.142. The Kier molecular flexibility index (Phi) is 5.32. The van der Waals surface area contributed by atoms with E-state index >= 15 is 0 Å². The summed E-state index contributed by atoms with van der Waals surface area (Å²) in [6.07, 6.45) is 3.18. The highest BCUT2D eigenvalue weighted by molar-refractivity contribution is 8.00. The zero-order valence-corrected chi connectivity index (χ0v) is 11.0. The molecule has 0 bridgehead atoms. The number of esters is 1. The van der Waals surface area contributed by atoms with Gasteiger partial charge >= 0.3 is 5.97 Å². The van der Waals surface area contributed by atoms with Crippen LogP contribution in [0.25, 0.3) is 0 Å². The molecule has 1 rings (SSSR count). The molecule has 1 fully saturated rings. The van der Waals surface area contributed by atoms with Gasteiger partial charge in [-0.1, -0.05) is 20.3 Å². The largest absolute Gasteiger partial charge is 0.468 e. The van der Waals surface area contributed by atoms with Crippen LogP contribution in [0.15, 0.2) is 0 Å². The van der Waals surface area contributed by atoms with Crippen LogP contribution in [0.2, 0.25) is 0 Å². The van der Waals surface area contributed by atoms with E-state index in [0.717, 1.165) is 18.6 Å². The first-order chi connectivity index (χ1) is 7.57. The van der Waals surface area contributed by atoms with Crippen LogP contribution in [0.1, 0.15) is 33.1 Å². The minimum atomic E-state index is -0.583. The molecule has 1 aliphatic heterocycles. The van der Waals surface area contributed by atoms with Gasteiger partial charge in [0.15, 0.2) is 5.78 Å². The second-order valence-corrected chi connectivity index (χ2v) is 5.81. The monoisotopic (exact) mass is 244 g/mol. The highest BCUT2D eigenvalue weighted by Crippen LogP contribution is 2.30. The highest BCUT2D eigenvalue weighted by Gasteiger charge is 2.36. The molecule has 4 heteroatoms. The van der Waals surface area contributed by atoms with E-state index in [1.54, 1.807) is 11.8 Å². The number of carbonyl (C=O) groups excluding carboxylic acids is 2. The minimum absolute atomic E-state index is 0.000231. The van der Waals surface area contributed by atoms with Crippen LogP contribution >= 0.6 is 11.8 Å². The van der Waals surface area contributed by atoms with E-state index in [-0.39, 0.29) is 22.9 Å². The lowest BCUT2D eigenvalue weighted by Gasteiger charge is -2.25. The number of methoxy groups -OCH3 is 1. The lowest BCUT2D eigenvalue weighted by atomic mass is 9.88. The second kappa shape index (κ2) is 6.28. The van der Waals surface area contributed by atoms with Crippen LogP contribution in [0.5, 0.6) is 0 Å². The number of thioether (sulfide) groups is 1. The van der Waals surface area contributed by atoms with Gasteiger partial charge in [0, 0.05) is 0 Å². The fourth-order valence-electron chi connectivity index (χ4n) is 2.01. The molecule has 92 valence electrons. The Labute approximate surface area is 101 Å². The predicted octanol–water partition coefficient (Wildman–Crippen LogP) is 2.29. The standard InChI is InChI=1S/C12H20O3S/c1-8(2)10(12(14)15-3)11(13)9-6-4-5-7-16-9/h8-10H,4-7H2,1-3H3. The maximum atomic E-state index is 12.2. The predicted molar refractivity (Wildman–Crippen MR) is 65.4 cm³/mol. The highest BCUT2D eigenvalue weighted by atomic mass is 32.2. The van der Waals surface area contributed by atoms with Crippen molar-refractivity contribution in [2.45, 2.75) is 38.4 Å². The smallest absolute Gasteiger partial charge is 0.316 e. The van der Waals surface area contributed by atoms with Crippen molar-refractivity contribution in [2.24, 2.45) is 11.8 Å². The van der Waals surface area contributed by atoms with Crippen LogP contribution < -0.4 is 0 Å². The summed E-state index contributed by atoms with van der Waals surface area (Å²) in [7, 11) is 1.35. The quantitative estimate of drug-likeness (QED) is 0.562. The summed E-state index contributed by atoms with van der Waals surface area (Å²) in [6, 6.07) is 0. The maximum Gasteiger partial charge on any atom is 0.316 e. The van der Waals surface area contributed by atoms with Gasteiger partial charge in [-0.3, -0.25) is 9.59 Å². The molecule has 0 aromatic heterocycles. The van der Waals surface area contributed by atoms with Crippen molar-refractivity contribution in [3.63, 3.8) is 0 Å². The summed E-state index contributed by atoms with van der Waals surface area (Å²) in [6.45, 7) is 3.79. The Morgan fingerprint density at radius 3 is 2.44 bits per heavy atom. The third kappa shape index (κ3) is 3.24. The van der Waals surface area contributed by atoms with Crippen molar-refractivity contribution >= 4 is 23.5 Å². The number of Topliss-reactive ketones (excluding diaryl/α,β-unsaturated/α-hetero) is 1. The summed E-state index contributed by atoms with van der Waals surface area (Å²) < 4.78 is 4.72. The van der Waals surface area contributed by atoms with Crippen molar-refractivity contribution in [1.82, 2.24) is 0 Å². The Balaban J connectivity index is 2.69. The number of hydrogen-bond donors (Lipinski definition) is 0. The Morgan fingerprint density at radius 1 is 1.31 bits per heavy atom. The van der Waals surface area contributed by atoms with Crippen molar-refractivity contribution in [1.29, 1.82) is 0 Å². The zero-order valence-electron chi connectivity index (χ0n) is 10.2. The summed E-state index contributed by atoms with van der Waals surface area (Å²) >= 11 is 1.69. The molecular weight excluding hydrogens is 224 g/mol. The molecule has 2 atom stereocenters. The first-order valence-electron chi connectivity index (χ1n) is 5.81. The number of ether oxygens (including phenoxy) is 1. The van der Waals surface area contributed by atoms with Crippen molar-refractivity contribution in [3.05, 3.63) is 0 Å². The van der Waals surface area contributed by atoms with Crippen LogP contribution in [-0.4, -0.2) is 29.9 Å². The molecule has 0 aliphatic carbocycles. The van der Waals surface area contributed by atoms with E-state index in [1.165, 1.54) is 13.5 Å². The van der Waals surface area contributed by atoms with Crippen LogP contribution in [0.3, 0.4) is 0 Å². The van der Waals surface area contributed by atoms with Gasteiger partial charge in [0.25, 0.3) is 0 Å². The van der Waals surface area contributed by atoms with E-state index in [4.69, 9.17) is 4.74 Å². The molecular formula is C12H20O3S. The molecule has 3 nitrogen and oxygen atoms in total. The Hall–Kier alpha value is -0.510. The number of ketones is 1. The van der Waals surface area contributed by atoms with E-state index in [2.05, 4.69) is 0 Å². The number of carbonyl (C=O) groups is 2. The van der Waals surface area contributed by atoms with Crippen molar-refractivity contribution in [3.8, 4) is 0 Å². The van der Waals surface area contributed by atoms with E-state index in [9.17, 15) is 9.59 Å². The van der Waals surface area contributed by atoms with Crippen molar-refractivity contribution < 1.29 is 14.3 Å². The molecule has 2 unspecified atom stereocenters. The molecule has 0 spiro atoms. The van der Waals surface area contributed by atoms with Gasteiger partial charge in [0.05, 0.1) is 12.4 Å². The average Bonchev–Trinajstić information content (AvgIpc) is 2.29. The first kappa shape index (κ1) is 13.6. The molecule has 1 heterocycles. The Morgan fingerprint density at radius 2 is 2.00 bits per heavy atom. The second-order valence-electron chi connectivity index (χ2n) is 4.50. The fraction of sp³-hybridized carbons (Fsp3) is 0.833. The maximum absolute atomic E-state index is 12.2. The van der Waals surface area contributed by atoms with Crippen LogP contribution in [-0.2, 0) is 14.3 Å². The molecule has 0 aromatic carbocycles. The molecule has 0 amide bonds. The lowest BCUT2D eigenvalue weighted by Crippen LogP contribution is -2.36. The van der Waals surface area contributed by atoms with Gasteiger partial charge in [-0.05, 0) is 24.5 Å². The van der Waals surface area contributed by atoms with Crippen molar-refractivity contribution in [2.75, 3.05) is 12.9 Å².